The standard InChI is InChI=1S/C17H19BrFNO/c1-11-7-13(5-6-20)8-12(2)17(11)21-10-14-9-15(18)3-4-16(14)19/h3-4,7-9H,5-6,10,20H2,1-2H3. The van der Waals surface area contributed by atoms with E-state index in [2.05, 4.69) is 28.1 Å². The van der Waals surface area contributed by atoms with Crippen molar-refractivity contribution in [3.05, 3.63) is 62.9 Å². The first-order valence-electron chi connectivity index (χ1n) is 6.88. The summed E-state index contributed by atoms with van der Waals surface area (Å²) in [6.07, 6.45) is 0.849. The van der Waals surface area contributed by atoms with Crippen LogP contribution in [-0.2, 0) is 13.0 Å². The molecule has 4 heteroatoms. The first-order valence-corrected chi connectivity index (χ1v) is 7.67. The molecule has 0 amide bonds. The number of hydrogen-bond acceptors (Lipinski definition) is 2. The maximum absolute atomic E-state index is 13.7. The Balaban J connectivity index is 2.18. The molecule has 2 nitrogen and oxygen atoms in total. The second kappa shape index (κ2) is 7.05. The zero-order valence-corrected chi connectivity index (χ0v) is 13.8. The lowest BCUT2D eigenvalue weighted by molar-refractivity contribution is 0.295. The van der Waals surface area contributed by atoms with Crippen molar-refractivity contribution in [1.82, 2.24) is 0 Å². The van der Waals surface area contributed by atoms with Gasteiger partial charge in [0.1, 0.15) is 18.2 Å². The van der Waals surface area contributed by atoms with Crippen LogP contribution in [-0.4, -0.2) is 6.54 Å². The highest BCUT2D eigenvalue weighted by Gasteiger charge is 2.09. The van der Waals surface area contributed by atoms with Crippen molar-refractivity contribution in [2.24, 2.45) is 5.73 Å². The van der Waals surface area contributed by atoms with Crippen LogP contribution in [0.2, 0.25) is 0 Å². The number of rotatable bonds is 5. The van der Waals surface area contributed by atoms with Crippen molar-refractivity contribution < 1.29 is 9.13 Å². The van der Waals surface area contributed by atoms with Crippen molar-refractivity contribution in [2.45, 2.75) is 26.9 Å². The van der Waals surface area contributed by atoms with Crippen LogP contribution in [0.4, 0.5) is 4.39 Å². The maximum atomic E-state index is 13.7. The lowest BCUT2D eigenvalue weighted by Gasteiger charge is -2.14. The lowest BCUT2D eigenvalue weighted by Crippen LogP contribution is -2.05. The minimum atomic E-state index is -0.256. The number of nitrogens with two attached hydrogens (primary N) is 1. The van der Waals surface area contributed by atoms with Crippen LogP contribution in [0.3, 0.4) is 0 Å². The quantitative estimate of drug-likeness (QED) is 0.872. The summed E-state index contributed by atoms with van der Waals surface area (Å²) in [6.45, 7) is 4.84. The molecule has 0 unspecified atom stereocenters. The SMILES string of the molecule is Cc1cc(CCN)cc(C)c1OCc1cc(Br)ccc1F. The molecule has 0 aliphatic rings. The van der Waals surface area contributed by atoms with E-state index in [0.29, 0.717) is 12.1 Å². The minimum Gasteiger partial charge on any atom is -0.488 e. The number of aryl methyl sites for hydroxylation is 2. The number of halogens is 2. The molecule has 2 rings (SSSR count). The molecule has 2 aromatic carbocycles. The third-order valence-electron chi connectivity index (χ3n) is 3.33. The van der Waals surface area contributed by atoms with Crippen LogP contribution in [0.1, 0.15) is 22.3 Å². The Labute approximate surface area is 133 Å². The predicted octanol–water partition coefficient (Wildman–Crippen LogP) is 4.29. The van der Waals surface area contributed by atoms with Gasteiger partial charge in [0.25, 0.3) is 0 Å². The second-order valence-corrected chi connectivity index (χ2v) is 6.04. The van der Waals surface area contributed by atoms with Gasteiger partial charge >= 0.3 is 0 Å². The van der Waals surface area contributed by atoms with Crippen LogP contribution in [0.5, 0.6) is 5.75 Å². The zero-order valence-electron chi connectivity index (χ0n) is 12.2. The van der Waals surface area contributed by atoms with E-state index in [1.807, 2.05) is 13.8 Å². The molecule has 2 N–H and O–H groups in total. The van der Waals surface area contributed by atoms with Crippen LogP contribution in [0.15, 0.2) is 34.8 Å². The summed E-state index contributed by atoms with van der Waals surface area (Å²) in [7, 11) is 0. The summed E-state index contributed by atoms with van der Waals surface area (Å²) in [5, 5.41) is 0. The van der Waals surface area contributed by atoms with Crippen LogP contribution in [0.25, 0.3) is 0 Å². The topological polar surface area (TPSA) is 35.2 Å². The molecule has 0 saturated heterocycles. The molecule has 0 spiro atoms. The molecule has 0 aliphatic heterocycles. The summed E-state index contributed by atoms with van der Waals surface area (Å²) in [6, 6.07) is 9.01. The molecule has 2 aromatic rings. The van der Waals surface area contributed by atoms with Crippen molar-refractivity contribution in [3.8, 4) is 5.75 Å². The first kappa shape index (κ1) is 16.0. The number of benzene rings is 2. The Morgan fingerprint density at radius 2 is 1.81 bits per heavy atom. The average Bonchev–Trinajstić information content (AvgIpc) is 2.42. The Kier molecular flexibility index (Phi) is 5.37. The summed E-state index contributed by atoms with van der Waals surface area (Å²) < 4.78 is 20.4. The molecule has 0 heterocycles. The highest BCUT2D eigenvalue weighted by molar-refractivity contribution is 9.10. The van der Waals surface area contributed by atoms with Gasteiger partial charge in [-0.05, 0) is 61.7 Å². The van der Waals surface area contributed by atoms with Gasteiger partial charge in [0.15, 0.2) is 0 Å². The molecule has 0 fully saturated rings. The van der Waals surface area contributed by atoms with Gasteiger partial charge in [0, 0.05) is 10.0 Å². The predicted molar refractivity (Wildman–Crippen MR) is 87.1 cm³/mol. The fourth-order valence-corrected chi connectivity index (χ4v) is 2.79. The fraction of sp³-hybridized carbons (Fsp3) is 0.294. The van der Waals surface area contributed by atoms with Gasteiger partial charge in [-0.15, -0.1) is 0 Å². The normalized spacial score (nSPS) is 10.7. The highest BCUT2D eigenvalue weighted by atomic mass is 79.9. The Morgan fingerprint density at radius 3 is 2.43 bits per heavy atom. The third kappa shape index (κ3) is 4.05. The van der Waals surface area contributed by atoms with Gasteiger partial charge in [0.05, 0.1) is 0 Å². The second-order valence-electron chi connectivity index (χ2n) is 5.12. The first-order chi connectivity index (χ1) is 10.0. The lowest BCUT2D eigenvalue weighted by atomic mass is 10.0. The van der Waals surface area contributed by atoms with Crippen LogP contribution < -0.4 is 10.5 Å². The molecule has 0 radical (unpaired) electrons. The van der Waals surface area contributed by atoms with Gasteiger partial charge in [-0.1, -0.05) is 28.1 Å². The average molecular weight is 352 g/mol. The maximum Gasteiger partial charge on any atom is 0.129 e. The Hall–Kier alpha value is -1.39. The summed E-state index contributed by atoms with van der Waals surface area (Å²) in [4.78, 5) is 0. The van der Waals surface area contributed by atoms with Gasteiger partial charge in [0.2, 0.25) is 0 Å². The Bertz CT molecular complexity index is 620. The summed E-state index contributed by atoms with van der Waals surface area (Å²) in [5.41, 5.74) is 9.43. The van der Waals surface area contributed by atoms with E-state index in [1.165, 1.54) is 11.6 Å². The zero-order chi connectivity index (χ0) is 15.4. The summed E-state index contributed by atoms with van der Waals surface area (Å²) in [5.74, 6) is 0.559. The van der Waals surface area contributed by atoms with E-state index in [9.17, 15) is 4.39 Å². The monoisotopic (exact) mass is 351 g/mol. The van der Waals surface area contributed by atoms with E-state index in [-0.39, 0.29) is 12.4 Å². The Morgan fingerprint density at radius 1 is 1.14 bits per heavy atom. The molecule has 0 atom stereocenters. The third-order valence-corrected chi connectivity index (χ3v) is 3.83. The minimum absolute atomic E-state index is 0.211. The number of ether oxygens (including phenoxy) is 1. The van der Waals surface area contributed by atoms with Gasteiger partial charge in [-0.2, -0.15) is 0 Å². The molecule has 0 bridgehead atoms. The van der Waals surface area contributed by atoms with E-state index >= 15 is 0 Å². The molecular formula is C17H19BrFNO. The highest BCUT2D eigenvalue weighted by Crippen LogP contribution is 2.26. The van der Waals surface area contributed by atoms with Gasteiger partial charge in [-0.25, -0.2) is 4.39 Å². The van der Waals surface area contributed by atoms with E-state index in [4.69, 9.17) is 10.5 Å². The molecule has 21 heavy (non-hydrogen) atoms. The van der Waals surface area contributed by atoms with Crippen molar-refractivity contribution >= 4 is 15.9 Å². The van der Waals surface area contributed by atoms with Crippen molar-refractivity contribution in [2.75, 3.05) is 6.54 Å². The molecule has 0 saturated carbocycles. The van der Waals surface area contributed by atoms with Gasteiger partial charge < -0.3 is 10.5 Å². The largest absolute Gasteiger partial charge is 0.488 e. The van der Waals surface area contributed by atoms with Gasteiger partial charge in [-0.3, -0.25) is 0 Å². The van der Waals surface area contributed by atoms with Crippen LogP contribution in [0, 0.1) is 19.7 Å². The van der Waals surface area contributed by atoms with Crippen molar-refractivity contribution in [3.63, 3.8) is 0 Å². The number of hydrogen-bond donors (Lipinski definition) is 1. The fourth-order valence-electron chi connectivity index (χ4n) is 2.38. The van der Waals surface area contributed by atoms with E-state index in [1.54, 1.807) is 12.1 Å². The molecular weight excluding hydrogens is 333 g/mol. The van der Waals surface area contributed by atoms with Crippen LogP contribution >= 0.6 is 15.9 Å². The van der Waals surface area contributed by atoms with E-state index in [0.717, 1.165) is 27.8 Å². The smallest absolute Gasteiger partial charge is 0.129 e. The summed E-state index contributed by atoms with van der Waals surface area (Å²) >= 11 is 3.34. The van der Waals surface area contributed by atoms with E-state index < -0.39 is 0 Å². The molecule has 0 aliphatic carbocycles. The molecule has 0 aromatic heterocycles. The molecule has 112 valence electrons. The van der Waals surface area contributed by atoms with Crippen molar-refractivity contribution in [1.29, 1.82) is 0 Å².